The highest BCUT2D eigenvalue weighted by Gasteiger charge is 2.10. The molecule has 76 valence electrons. The lowest BCUT2D eigenvalue weighted by atomic mass is 10.3. The fraction of sp³-hybridized carbons (Fsp3) is 0. The van der Waals surface area contributed by atoms with Crippen LogP contribution in [-0.4, -0.2) is 21.0 Å². The lowest BCUT2D eigenvalue weighted by Gasteiger charge is -1.99. The third kappa shape index (κ3) is 2.14. The van der Waals surface area contributed by atoms with E-state index >= 15 is 0 Å². The SMILES string of the molecule is O=C(O)c1cc(-c2cccs2)nc(Cl)n1. The summed E-state index contributed by atoms with van der Waals surface area (Å²) in [5.74, 6) is -1.11. The van der Waals surface area contributed by atoms with Gasteiger partial charge in [0.1, 0.15) is 0 Å². The van der Waals surface area contributed by atoms with Gasteiger partial charge in [0.2, 0.25) is 5.28 Å². The smallest absolute Gasteiger partial charge is 0.354 e. The number of carbonyl (C=O) groups is 1. The van der Waals surface area contributed by atoms with Crippen molar-refractivity contribution in [3.8, 4) is 10.6 Å². The summed E-state index contributed by atoms with van der Waals surface area (Å²) in [6.07, 6.45) is 0. The zero-order valence-electron chi connectivity index (χ0n) is 7.35. The summed E-state index contributed by atoms with van der Waals surface area (Å²) in [6.45, 7) is 0. The molecule has 0 atom stereocenters. The van der Waals surface area contributed by atoms with Crippen LogP contribution in [0.5, 0.6) is 0 Å². The summed E-state index contributed by atoms with van der Waals surface area (Å²) in [6, 6.07) is 5.10. The van der Waals surface area contributed by atoms with Crippen molar-refractivity contribution in [1.82, 2.24) is 9.97 Å². The minimum absolute atomic E-state index is 0.0571. The van der Waals surface area contributed by atoms with E-state index in [1.807, 2.05) is 17.5 Å². The standard InChI is InChI=1S/C9H5ClN2O2S/c10-9-11-5(7-2-1-3-15-7)4-6(12-9)8(13)14/h1-4H,(H,13,14). The highest BCUT2D eigenvalue weighted by Crippen LogP contribution is 2.24. The molecule has 0 saturated heterocycles. The van der Waals surface area contributed by atoms with Crippen molar-refractivity contribution < 1.29 is 9.90 Å². The van der Waals surface area contributed by atoms with Crippen LogP contribution in [0, 0.1) is 0 Å². The quantitative estimate of drug-likeness (QED) is 0.820. The maximum absolute atomic E-state index is 10.7. The van der Waals surface area contributed by atoms with E-state index < -0.39 is 5.97 Å². The highest BCUT2D eigenvalue weighted by molar-refractivity contribution is 7.13. The monoisotopic (exact) mass is 240 g/mol. The molecule has 0 aliphatic carbocycles. The first-order valence-corrected chi connectivity index (χ1v) is 5.24. The van der Waals surface area contributed by atoms with Gasteiger partial charge in [0.15, 0.2) is 5.69 Å². The topological polar surface area (TPSA) is 63.1 Å². The highest BCUT2D eigenvalue weighted by atomic mass is 35.5. The first-order chi connectivity index (χ1) is 7.16. The third-order valence-corrected chi connectivity index (χ3v) is 2.75. The molecule has 0 saturated carbocycles. The molecule has 1 N–H and O–H groups in total. The number of rotatable bonds is 2. The fourth-order valence-corrected chi connectivity index (χ4v) is 1.95. The van der Waals surface area contributed by atoms with E-state index in [4.69, 9.17) is 16.7 Å². The molecule has 0 spiro atoms. The van der Waals surface area contributed by atoms with Gasteiger partial charge in [-0.05, 0) is 29.1 Å². The van der Waals surface area contributed by atoms with Gasteiger partial charge >= 0.3 is 5.97 Å². The molecular weight excluding hydrogens is 236 g/mol. The van der Waals surface area contributed by atoms with Crippen LogP contribution in [0.15, 0.2) is 23.6 Å². The van der Waals surface area contributed by atoms with Crippen LogP contribution < -0.4 is 0 Å². The van der Waals surface area contributed by atoms with Crippen molar-refractivity contribution >= 4 is 28.9 Å². The van der Waals surface area contributed by atoms with Gasteiger partial charge in [-0.2, -0.15) is 0 Å². The van der Waals surface area contributed by atoms with Gasteiger partial charge in [-0.15, -0.1) is 11.3 Å². The predicted octanol–water partition coefficient (Wildman–Crippen LogP) is 2.56. The molecular formula is C9H5ClN2O2S. The Kier molecular flexibility index (Phi) is 2.66. The van der Waals surface area contributed by atoms with Crippen molar-refractivity contribution in [3.05, 3.63) is 34.6 Å². The zero-order valence-corrected chi connectivity index (χ0v) is 8.92. The maximum Gasteiger partial charge on any atom is 0.354 e. The van der Waals surface area contributed by atoms with Gasteiger partial charge in [0.05, 0.1) is 10.6 Å². The van der Waals surface area contributed by atoms with Crippen LogP contribution >= 0.6 is 22.9 Å². The number of aromatic nitrogens is 2. The number of hydrogen-bond acceptors (Lipinski definition) is 4. The second kappa shape index (κ2) is 3.96. The van der Waals surface area contributed by atoms with E-state index in [-0.39, 0.29) is 11.0 Å². The number of halogens is 1. The number of thiophene rings is 1. The molecule has 4 nitrogen and oxygen atoms in total. The van der Waals surface area contributed by atoms with Crippen LogP contribution in [0.3, 0.4) is 0 Å². The van der Waals surface area contributed by atoms with E-state index in [0.29, 0.717) is 5.69 Å². The second-order valence-electron chi connectivity index (χ2n) is 2.69. The molecule has 0 amide bonds. The van der Waals surface area contributed by atoms with Crippen molar-refractivity contribution in [2.45, 2.75) is 0 Å². The lowest BCUT2D eigenvalue weighted by Crippen LogP contribution is -2.02. The van der Waals surface area contributed by atoms with Gasteiger partial charge in [0, 0.05) is 0 Å². The molecule has 0 radical (unpaired) electrons. The Bertz CT molecular complexity index is 499. The van der Waals surface area contributed by atoms with Gasteiger partial charge < -0.3 is 5.11 Å². The lowest BCUT2D eigenvalue weighted by molar-refractivity contribution is 0.0690. The van der Waals surface area contributed by atoms with Gasteiger partial charge in [-0.25, -0.2) is 14.8 Å². The van der Waals surface area contributed by atoms with Gasteiger partial charge in [-0.1, -0.05) is 6.07 Å². The Labute approximate surface area is 94.2 Å². The van der Waals surface area contributed by atoms with Crippen molar-refractivity contribution in [3.63, 3.8) is 0 Å². The predicted molar refractivity (Wildman–Crippen MR) is 57.3 cm³/mol. The molecule has 6 heteroatoms. The van der Waals surface area contributed by atoms with Crippen molar-refractivity contribution in [2.24, 2.45) is 0 Å². The van der Waals surface area contributed by atoms with Crippen LogP contribution in [0.2, 0.25) is 5.28 Å². The first kappa shape index (κ1) is 10.1. The van der Waals surface area contributed by atoms with Crippen molar-refractivity contribution in [1.29, 1.82) is 0 Å². The number of hydrogen-bond donors (Lipinski definition) is 1. The molecule has 2 aromatic heterocycles. The molecule has 0 fully saturated rings. The second-order valence-corrected chi connectivity index (χ2v) is 3.98. The minimum Gasteiger partial charge on any atom is -0.477 e. The number of aromatic carboxylic acids is 1. The van der Waals surface area contributed by atoms with E-state index in [1.165, 1.54) is 17.4 Å². The van der Waals surface area contributed by atoms with E-state index in [0.717, 1.165) is 4.88 Å². The van der Waals surface area contributed by atoms with Crippen LogP contribution in [0.1, 0.15) is 10.5 Å². The molecule has 2 heterocycles. The zero-order chi connectivity index (χ0) is 10.8. The summed E-state index contributed by atoms with van der Waals surface area (Å²) in [5.41, 5.74) is 0.431. The van der Waals surface area contributed by atoms with Gasteiger partial charge in [-0.3, -0.25) is 0 Å². The molecule has 0 aromatic carbocycles. The molecule has 0 aliphatic rings. The van der Waals surface area contributed by atoms with Crippen molar-refractivity contribution in [2.75, 3.05) is 0 Å². The molecule has 0 unspecified atom stereocenters. The van der Waals surface area contributed by atoms with E-state index in [2.05, 4.69) is 9.97 Å². The van der Waals surface area contributed by atoms with E-state index in [9.17, 15) is 4.79 Å². The van der Waals surface area contributed by atoms with Crippen LogP contribution in [0.25, 0.3) is 10.6 Å². The Morgan fingerprint density at radius 3 is 2.87 bits per heavy atom. The Hall–Kier alpha value is -1.46. The number of carboxylic acid groups (broad SMARTS) is 1. The number of nitrogens with zero attached hydrogens (tertiary/aromatic N) is 2. The van der Waals surface area contributed by atoms with E-state index in [1.54, 1.807) is 0 Å². The van der Waals surface area contributed by atoms with Crippen LogP contribution in [-0.2, 0) is 0 Å². The Morgan fingerprint density at radius 1 is 1.47 bits per heavy atom. The average Bonchev–Trinajstić information content (AvgIpc) is 2.69. The molecule has 2 aromatic rings. The summed E-state index contributed by atoms with van der Waals surface area (Å²) < 4.78 is 0. The minimum atomic E-state index is -1.11. The van der Waals surface area contributed by atoms with Crippen LogP contribution in [0.4, 0.5) is 0 Å². The first-order valence-electron chi connectivity index (χ1n) is 3.98. The molecule has 2 rings (SSSR count). The largest absolute Gasteiger partial charge is 0.477 e. The summed E-state index contributed by atoms with van der Waals surface area (Å²) in [5, 5.41) is 10.6. The average molecular weight is 241 g/mol. The Morgan fingerprint density at radius 2 is 2.27 bits per heavy atom. The third-order valence-electron chi connectivity index (χ3n) is 1.69. The fourth-order valence-electron chi connectivity index (χ4n) is 1.08. The summed E-state index contributed by atoms with van der Waals surface area (Å²) in [7, 11) is 0. The normalized spacial score (nSPS) is 10.2. The maximum atomic E-state index is 10.7. The Balaban J connectivity index is 2.54. The molecule has 0 bridgehead atoms. The molecule has 0 aliphatic heterocycles. The van der Waals surface area contributed by atoms with Gasteiger partial charge in [0.25, 0.3) is 0 Å². The number of carboxylic acids is 1. The summed E-state index contributed by atoms with van der Waals surface area (Å²) in [4.78, 5) is 19.2. The summed E-state index contributed by atoms with van der Waals surface area (Å²) >= 11 is 7.09. The molecule has 15 heavy (non-hydrogen) atoms.